The lowest BCUT2D eigenvalue weighted by Gasteiger charge is -2.09. The van der Waals surface area contributed by atoms with E-state index in [1.807, 2.05) is 0 Å². The van der Waals surface area contributed by atoms with Gasteiger partial charge < -0.3 is 11.1 Å². The maximum absolute atomic E-state index is 12.0. The van der Waals surface area contributed by atoms with Gasteiger partial charge in [-0.05, 0) is 31.0 Å². The van der Waals surface area contributed by atoms with Crippen LogP contribution in [0.1, 0.15) is 12.8 Å². The molecule has 0 saturated heterocycles. The molecule has 1 aromatic carbocycles. The number of hydrogen-bond donors (Lipinski definition) is 3. The minimum atomic E-state index is -3.79. The Hall–Kier alpha value is -1.12. The molecule has 6 nitrogen and oxygen atoms in total. The summed E-state index contributed by atoms with van der Waals surface area (Å²) in [6, 6.07) is 4.74. The predicted molar refractivity (Wildman–Crippen MR) is 74.9 cm³/mol. The van der Waals surface area contributed by atoms with E-state index in [-0.39, 0.29) is 29.1 Å². The molecular weight excluding hydrogens is 334 g/mol. The van der Waals surface area contributed by atoms with Gasteiger partial charge in [0.2, 0.25) is 15.9 Å². The second-order valence-corrected chi connectivity index (χ2v) is 7.00. The van der Waals surface area contributed by atoms with Crippen LogP contribution < -0.4 is 15.8 Å². The molecule has 1 amide bonds. The number of amides is 1. The van der Waals surface area contributed by atoms with Crippen LogP contribution in [-0.4, -0.2) is 26.9 Å². The zero-order valence-electron chi connectivity index (χ0n) is 10.0. The van der Waals surface area contributed by atoms with Gasteiger partial charge in [-0.25, -0.2) is 13.1 Å². The van der Waals surface area contributed by atoms with E-state index in [4.69, 9.17) is 5.73 Å². The highest BCUT2D eigenvalue weighted by Gasteiger charge is 2.24. The summed E-state index contributed by atoms with van der Waals surface area (Å²) in [7, 11) is -3.79. The van der Waals surface area contributed by atoms with Gasteiger partial charge in [0, 0.05) is 10.5 Å². The van der Waals surface area contributed by atoms with E-state index < -0.39 is 10.0 Å². The molecule has 1 aliphatic rings. The molecule has 0 radical (unpaired) electrons. The van der Waals surface area contributed by atoms with E-state index in [0.29, 0.717) is 4.47 Å². The quantitative estimate of drug-likeness (QED) is 0.678. The van der Waals surface area contributed by atoms with Crippen LogP contribution in [0.3, 0.4) is 0 Å². The van der Waals surface area contributed by atoms with Crippen LogP contribution in [-0.2, 0) is 14.8 Å². The second-order valence-electron chi connectivity index (χ2n) is 4.35. The largest absolute Gasteiger partial charge is 0.398 e. The Morgan fingerprint density at radius 1 is 1.42 bits per heavy atom. The van der Waals surface area contributed by atoms with Crippen LogP contribution >= 0.6 is 15.9 Å². The van der Waals surface area contributed by atoms with Crippen molar-refractivity contribution in [3.05, 3.63) is 22.7 Å². The standard InChI is InChI=1S/C11H14BrN3O3S/c12-7-1-4-9(13)10(5-7)19(17,18)14-6-11(16)15-8-2-3-8/h1,4-5,8,14H,2-3,6,13H2,(H,15,16). The molecule has 19 heavy (non-hydrogen) atoms. The third-order valence-corrected chi connectivity index (χ3v) is 4.58. The van der Waals surface area contributed by atoms with E-state index in [0.717, 1.165) is 12.8 Å². The Labute approximate surface area is 119 Å². The lowest BCUT2D eigenvalue weighted by Crippen LogP contribution is -2.38. The van der Waals surface area contributed by atoms with Crippen LogP contribution in [0.5, 0.6) is 0 Å². The maximum atomic E-state index is 12.0. The zero-order valence-corrected chi connectivity index (χ0v) is 12.4. The molecule has 104 valence electrons. The molecule has 0 atom stereocenters. The summed E-state index contributed by atoms with van der Waals surface area (Å²) in [6.07, 6.45) is 1.91. The molecule has 1 aliphatic carbocycles. The number of anilines is 1. The van der Waals surface area contributed by atoms with Crippen molar-refractivity contribution in [2.24, 2.45) is 0 Å². The first-order chi connectivity index (χ1) is 8.88. The Kier molecular flexibility index (Phi) is 4.12. The van der Waals surface area contributed by atoms with Gasteiger partial charge in [0.05, 0.1) is 12.2 Å². The van der Waals surface area contributed by atoms with Crippen LogP contribution in [0.15, 0.2) is 27.6 Å². The Morgan fingerprint density at radius 3 is 2.74 bits per heavy atom. The van der Waals surface area contributed by atoms with Gasteiger partial charge in [-0.3, -0.25) is 4.79 Å². The van der Waals surface area contributed by atoms with Crippen molar-refractivity contribution in [3.8, 4) is 0 Å². The fourth-order valence-corrected chi connectivity index (χ4v) is 3.14. The summed E-state index contributed by atoms with van der Waals surface area (Å²) >= 11 is 3.18. The van der Waals surface area contributed by atoms with E-state index >= 15 is 0 Å². The highest BCUT2D eigenvalue weighted by atomic mass is 79.9. The molecule has 1 aromatic rings. The van der Waals surface area contributed by atoms with Crippen molar-refractivity contribution in [2.75, 3.05) is 12.3 Å². The number of rotatable bonds is 5. The summed E-state index contributed by atoms with van der Waals surface area (Å²) in [4.78, 5) is 11.4. The van der Waals surface area contributed by atoms with Crippen molar-refractivity contribution in [2.45, 2.75) is 23.8 Å². The molecule has 0 unspecified atom stereocenters. The molecule has 8 heteroatoms. The van der Waals surface area contributed by atoms with Crippen LogP contribution in [0, 0.1) is 0 Å². The Morgan fingerprint density at radius 2 is 2.11 bits per heavy atom. The molecule has 0 aliphatic heterocycles. The average Bonchev–Trinajstić information content (AvgIpc) is 3.14. The van der Waals surface area contributed by atoms with E-state index in [9.17, 15) is 13.2 Å². The van der Waals surface area contributed by atoms with Crippen LogP contribution in [0.4, 0.5) is 5.69 Å². The molecule has 0 heterocycles. The number of carbonyl (C=O) groups excluding carboxylic acids is 1. The van der Waals surface area contributed by atoms with Gasteiger partial charge in [-0.2, -0.15) is 0 Å². The summed E-state index contributed by atoms with van der Waals surface area (Å²) < 4.78 is 26.9. The fraction of sp³-hybridized carbons (Fsp3) is 0.364. The topological polar surface area (TPSA) is 101 Å². The van der Waals surface area contributed by atoms with Crippen LogP contribution in [0.2, 0.25) is 0 Å². The van der Waals surface area contributed by atoms with Crippen molar-refractivity contribution >= 4 is 37.5 Å². The number of halogens is 1. The van der Waals surface area contributed by atoms with Gasteiger partial charge in [-0.15, -0.1) is 0 Å². The highest BCUT2D eigenvalue weighted by Crippen LogP contribution is 2.22. The summed E-state index contributed by atoms with van der Waals surface area (Å²) in [5.41, 5.74) is 5.77. The third kappa shape index (κ3) is 3.92. The number of sulfonamides is 1. The first-order valence-corrected chi connectivity index (χ1v) is 8.00. The monoisotopic (exact) mass is 347 g/mol. The lowest BCUT2D eigenvalue weighted by molar-refractivity contribution is -0.120. The highest BCUT2D eigenvalue weighted by molar-refractivity contribution is 9.10. The molecule has 1 fully saturated rings. The zero-order chi connectivity index (χ0) is 14.0. The maximum Gasteiger partial charge on any atom is 0.243 e. The fourth-order valence-electron chi connectivity index (χ4n) is 1.49. The van der Waals surface area contributed by atoms with Crippen molar-refractivity contribution in [1.82, 2.24) is 10.0 Å². The first-order valence-electron chi connectivity index (χ1n) is 5.72. The number of nitrogens with one attached hydrogen (secondary N) is 2. The number of carbonyl (C=O) groups is 1. The van der Waals surface area contributed by atoms with Gasteiger partial charge in [0.15, 0.2) is 0 Å². The smallest absolute Gasteiger partial charge is 0.243 e. The summed E-state index contributed by atoms with van der Waals surface area (Å²) in [5.74, 6) is -0.334. The molecule has 2 rings (SSSR count). The van der Waals surface area contributed by atoms with Gasteiger partial charge >= 0.3 is 0 Å². The number of nitrogens with two attached hydrogens (primary N) is 1. The summed E-state index contributed by atoms with van der Waals surface area (Å²) in [5, 5.41) is 2.70. The normalized spacial score (nSPS) is 15.2. The van der Waals surface area contributed by atoms with E-state index in [1.165, 1.54) is 12.1 Å². The SMILES string of the molecule is Nc1ccc(Br)cc1S(=O)(=O)NCC(=O)NC1CC1. The molecule has 1 saturated carbocycles. The number of benzene rings is 1. The van der Waals surface area contributed by atoms with Gasteiger partial charge in [0.1, 0.15) is 4.90 Å². The summed E-state index contributed by atoms with van der Waals surface area (Å²) in [6.45, 7) is -0.287. The molecular formula is C11H14BrN3O3S. The van der Waals surface area contributed by atoms with Crippen molar-refractivity contribution in [3.63, 3.8) is 0 Å². The van der Waals surface area contributed by atoms with Gasteiger partial charge in [-0.1, -0.05) is 15.9 Å². The second kappa shape index (κ2) is 5.48. The number of nitrogen functional groups attached to an aromatic ring is 1. The Bertz CT molecular complexity index is 599. The van der Waals surface area contributed by atoms with E-state index in [2.05, 4.69) is 26.0 Å². The predicted octanol–water partition coefficient (Wildman–Crippen LogP) is 0.588. The minimum absolute atomic E-state index is 0.0407. The third-order valence-electron chi connectivity index (χ3n) is 2.63. The lowest BCUT2D eigenvalue weighted by atomic mass is 10.3. The first kappa shape index (κ1) is 14.3. The van der Waals surface area contributed by atoms with Crippen molar-refractivity contribution < 1.29 is 13.2 Å². The number of hydrogen-bond acceptors (Lipinski definition) is 4. The molecule has 0 aromatic heterocycles. The minimum Gasteiger partial charge on any atom is -0.398 e. The average molecular weight is 348 g/mol. The Balaban J connectivity index is 2.04. The van der Waals surface area contributed by atoms with Gasteiger partial charge in [0.25, 0.3) is 0 Å². The molecule has 0 spiro atoms. The van der Waals surface area contributed by atoms with Crippen molar-refractivity contribution in [1.29, 1.82) is 0 Å². The van der Waals surface area contributed by atoms with E-state index in [1.54, 1.807) is 6.07 Å². The van der Waals surface area contributed by atoms with Crippen LogP contribution in [0.25, 0.3) is 0 Å². The molecule has 0 bridgehead atoms. The molecule has 4 N–H and O–H groups in total.